The SMILES string of the molecule is CCCNc1cc(C(=O)NCC(C)C(C)C)cc(CC)n1. The summed E-state index contributed by atoms with van der Waals surface area (Å²) in [5.74, 6) is 1.81. The number of hydrogen-bond donors (Lipinski definition) is 2. The quantitative estimate of drug-likeness (QED) is 0.771. The lowest BCUT2D eigenvalue weighted by atomic mass is 9.98. The van der Waals surface area contributed by atoms with E-state index in [-0.39, 0.29) is 5.91 Å². The van der Waals surface area contributed by atoms with Crippen LogP contribution in [0.3, 0.4) is 0 Å². The Balaban J connectivity index is 2.77. The lowest BCUT2D eigenvalue weighted by Gasteiger charge is -2.16. The molecule has 21 heavy (non-hydrogen) atoms. The molecule has 4 nitrogen and oxygen atoms in total. The van der Waals surface area contributed by atoms with Crippen LogP contribution < -0.4 is 10.6 Å². The van der Waals surface area contributed by atoms with Gasteiger partial charge in [0.1, 0.15) is 5.82 Å². The molecule has 0 aromatic carbocycles. The Morgan fingerprint density at radius 1 is 1.24 bits per heavy atom. The van der Waals surface area contributed by atoms with Gasteiger partial charge in [0.25, 0.3) is 5.91 Å². The molecular formula is C17H29N3O. The molecule has 1 unspecified atom stereocenters. The van der Waals surface area contributed by atoms with Crippen molar-refractivity contribution in [3.63, 3.8) is 0 Å². The molecule has 0 saturated heterocycles. The van der Waals surface area contributed by atoms with E-state index in [9.17, 15) is 4.79 Å². The molecule has 1 amide bonds. The smallest absolute Gasteiger partial charge is 0.251 e. The Morgan fingerprint density at radius 2 is 1.95 bits per heavy atom. The number of rotatable bonds is 8. The van der Waals surface area contributed by atoms with Gasteiger partial charge in [-0.2, -0.15) is 0 Å². The van der Waals surface area contributed by atoms with Gasteiger partial charge >= 0.3 is 0 Å². The predicted octanol–water partition coefficient (Wildman–Crippen LogP) is 3.49. The molecular weight excluding hydrogens is 262 g/mol. The summed E-state index contributed by atoms with van der Waals surface area (Å²) in [6, 6.07) is 3.72. The molecule has 1 atom stereocenters. The third-order valence-electron chi connectivity index (χ3n) is 3.78. The van der Waals surface area contributed by atoms with Crippen LogP contribution in [-0.2, 0) is 6.42 Å². The normalized spacial score (nSPS) is 12.3. The molecule has 1 rings (SSSR count). The highest BCUT2D eigenvalue weighted by atomic mass is 16.1. The summed E-state index contributed by atoms with van der Waals surface area (Å²) in [5.41, 5.74) is 1.63. The molecule has 4 heteroatoms. The third kappa shape index (κ3) is 5.74. The van der Waals surface area contributed by atoms with Gasteiger partial charge in [-0.15, -0.1) is 0 Å². The number of nitrogens with one attached hydrogen (secondary N) is 2. The van der Waals surface area contributed by atoms with Gasteiger partial charge in [-0.3, -0.25) is 4.79 Å². The summed E-state index contributed by atoms with van der Waals surface area (Å²) in [7, 11) is 0. The average molecular weight is 291 g/mol. The summed E-state index contributed by atoms with van der Waals surface area (Å²) < 4.78 is 0. The van der Waals surface area contributed by atoms with Crippen molar-refractivity contribution in [3.8, 4) is 0 Å². The first-order chi connectivity index (χ1) is 9.97. The minimum atomic E-state index is -0.0147. The van der Waals surface area contributed by atoms with Gasteiger partial charge in [-0.1, -0.05) is 34.6 Å². The Bertz CT molecular complexity index is 457. The molecule has 1 aromatic heterocycles. The van der Waals surface area contributed by atoms with Crippen molar-refractivity contribution in [2.24, 2.45) is 11.8 Å². The minimum Gasteiger partial charge on any atom is -0.370 e. The Labute approximate surface area is 128 Å². The van der Waals surface area contributed by atoms with Crippen LogP contribution in [0.25, 0.3) is 0 Å². The number of aromatic nitrogens is 1. The second-order valence-electron chi connectivity index (χ2n) is 5.94. The first-order valence-electron chi connectivity index (χ1n) is 8.00. The highest BCUT2D eigenvalue weighted by Crippen LogP contribution is 2.13. The first kappa shape index (κ1) is 17.5. The number of hydrogen-bond acceptors (Lipinski definition) is 3. The zero-order valence-corrected chi connectivity index (χ0v) is 14.0. The molecule has 1 aromatic rings. The fourth-order valence-corrected chi connectivity index (χ4v) is 1.84. The molecule has 0 aliphatic carbocycles. The summed E-state index contributed by atoms with van der Waals surface area (Å²) >= 11 is 0. The maximum Gasteiger partial charge on any atom is 0.251 e. The zero-order valence-electron chi connectivity index (χ0n) is 14.0. The number of anilines is 1. The van der Waals surface area contributed by atoms with E-state index in [4.69, 9.17) is 0 Å². The van der Waals surface area contributed by atoms with Crippen molar-refractivity contribution >= 4 is 11.7 Å². The standard InChI is InChI=1S/C17H29N3O/c1-6-8-18-16-10-14(9-15(7-2)20-16)17(21)19-11-13(5)12(3)4/h9-10,12-13H,6-8,11H2,1-5H3,(H,18,20)(H,19,21). The van der Waals surface area contributed by atoms with Gasteiger partial charge in [-0.05, 0) is 36.8 Å². The topological polar surface area (TPSA) is 54.0 Å². The van der Waals surface area contributed by atoms with E-state index in [1.807, 2.05) is 12.1 Å². The average Bonchev–Trinajstić information content (AvgIpc) is 2.49. The largest absolute Gasteiger partial charge is 0.370 e. The van der Waals surface area contributed by atoms with Crippen molar-refractivity contribution < 1.29 is 4.79 Å². The van der Waals surface area contributed by atoms with Gasteiger partial charge in [0.15, 0.2) is 0 Å². The van der Waals surface area contributed by atoms with E-state index in [2.05, 4.69) is 50.2 Å². The van der Waals surface area contributed by atoms with Crippen molar-refractivity contribution in [1.29, 1.82) is 0 Å². The van der Waals surface area contributed by atoms with Crippen LogP contribution in [0.1, 0.15) is 57.1 Å². The second-order valence-corrected chi connectivity index (χ2v) is 5.94. The van der Waals surface area contributed by atoms with Crippen molar-refractivity contribution in [2.75, 3.05) is 18.4 Å². The third-order valence-corrected chi connectivity index (χ3v) is 3.78. The Hall–Kier alpha value is -1.58. The van der Waals surface area contributed by atoms with E-state index >= 15 is 0 Å². The number of aryl methyl sites for hydroxylation is 1. The molecule has 2 N–H and O–H groups in total. The fraction of sp³-hybridized carbons (Fsp3) is 0.647. The summed E-state index contributed by atoms with van der Waals surface area (Å²) in [4.78, 5) is 16.8. The van der Waals surface area contributed by atoms with Crippen LogP contribution in [0, 0.1) is 11.8 Å². The van der Waals surface area contributed by atoms with Gasteiger partial charge in [0.2, 0.25) is 0 Å². The van der Waals surface area contributed by atoms with Gasteiger partial charge in [-0.25, -0.2) is 4.98 Å². The highest BCUT2D eigenvalue weighted by molar-refractivity contribution is 5.95. The van der Waals surface area contributed by atoms with E-state index in [1.165, 1.54) is 0 Å². The van der Waals surface area contributed by atoms with Crippen LogP contribution in [0.5, 0.6) is 0 Å². The van der Waals surface area contributed by atoms with Crippen molar-refractivity contribution in [1.82, 2.24) is 10.3 Å². The maximum absolute atomic E-state index is 12.3. The van der Waals surface area contributed by atoms with Crippen LogP contribution in [0.15, 0.2) is 12.1 Å². The number of amides is 1. The summed E-state index contributed by atoms with van der Waals surface area (Å²) in [6.07, 6.45) is 1.86. The van der Waals surface area contributed by atoms with Gasteiger partial charge in [0.05, 0.1) is 0 Å². The molecule has 0 bridgehead atoms. The van der Waals surface area contributed by atoms with Gasteiger partial charge in [0, 0.05) is 24.3 Å². The Morgan fingerprint density at radius 3 is 2.52 bits per heavy atom. The van der Waals surface area contributed by atoms with Crippen LogP contribution in [-0.4, -0.2) is 24.0 Å². The number of carbonyl (C=O) groups is 1. The van der Waals surface area contributed by atoms with Crippen LogP contribution in [0.2, 0.25) is 0 Å². The molecule has 118 valence electrons. The van der Waals surface area contributed by atoms with E-state index in [0.29, 0.717) is 23.9 Å². The number of nitrogens with zero attached hydrogens (tertiary/aromatic N) is 1. The molecule has 0 fully saturated rings. The lowest BCUT2D eigenvalue weighted by molar-refractivity contribution is 0.0944. The monoisotopic (exact) mass is 291 g/mol. The van der Waals surface area contributed by atoms with Crippen LogP contribution >= 0.6 is 0 Å². The molecule has 0 radical (unpaired) electrons. The molecule has 0 aliphatic rings. The molecule has 0 aliphatic heterocycles. The number of pyridine rings is 1. The number of carbonyl (C=O) groups excluding carboxylic acids is 1. The maximum atomic E-state index is 12.3. The fourth-order valence-electron chi connectivity index (χ4n) is 1.84. The minimum absolute atomic E-state index is 0.0147. The molecule has 0 spiro atoms. The van der Waals surface area contributed by atoms with Crippen molar-refractivity contribution in [3.05, 3.63) is 23.4 Å². The van der Waals surface area contributed by atoms with Crippen molar-refractivity contribution in [2.45, 2.75) is 47.5 Å². The van der Waals surface area contributed by atoms with Crippen LogP contribution in [0.4, 0.5) is 5.82 Å². The van der Waals surface area contributed by atoms with E-state index in [1.54, 1.807) is 0 Å². The molecule has 1 heterocycles. The highest BCUT2D eigenvalue weighted by Gasteiger charge is 2.12. The van der Waals surface area contributed by atoms with Gasteiger partial charge < -0.3 is 10.6 Å². The van der Waals surface area contributed by atoms with E-state index in [0.717, 1.165) is 30.9 Å². The predicted molar refractivity (Wildman–Crippen MR) is 88.7 cm³/mol. The first-order valence-corrected chi connectivity index (χ1v) is 8.00. The Kier molecular flexibility index (Phi) is 7.20. The lowest BCUT2D eigenvalue weighted by Crippen LogP contribution is -2.30. The second kappa shape index (κ2) is 8.65. The molecule has 0 saturated carbocycles. The summed E-state index contributed by atoms with van der Waals surface area (Å²) in [6.45, 7) is 12.2. The van der Waals surface area contributed by atoms with E-state index < -0.39 is 0 Å². The zero-order chi connectivity index (χ0) is 15.8. The summed E-state index contributed by atoms with van der Waals surface area (Å²) in [5, 5.41) is 6.28.